The molecule has 1 atom stereocenters. The number of likely N-dealkylation sites (tertiary alicyclic amines) is 1. The Morgan fingerprint density at radius 3 is 2.44 bits per heavy atom. The van der Waals surface area contributed by atoms with Crippen molar-refractivity contribution in [1.29, 1.82) is 0 Å². The summed E-state index contributed by atoms with van der Waals surface area (Å²) in [7, 11) is -0.998. The van der Waals surface area contributed by atoms with Crippen molar-refractivity contribution in [3.8, 4) is 0 Å². The van der Waals surface area contributed by atoms with Crippen molar-refractivity contribution in [3.63, 3.8) is 0 Å². The number of fused-ring (bicyclic) bond motifs is 2. The first-order valence-electron chi connectivity index (χ1n) is 13.3. The minimum absolute atomic E-state index is 0.00669. The lowest BCUT2D eigenvalue weighted by Crippen LogP contribution is -2.40. The number of esters is 1. The molecule has 1 saturated heterocycles. The fraction of sp³-hybridized carbons (Fsp3) is 0.333. The quantitative estimate of drug-likeness (QED) is 0.397. The number of hydrogen-bond donors (Lipinski definition) is 0. The number of nitrogens with zero attached hydrogens (tertiary/aromatic N) is 4. The van der Waals surface area contributed by atoms with Crippen LogP contribution in [0.2, 0.25) is 0 Å². The van der Waals surface area contributed by atoms with E-state index in [1.165, 1.54) is 30.6 Å². The van der Waals surface area contributed by atoms with Gasteiger partial charge in [0.05, 0.1) is 24.0 Å². The van der Waals surface area contributed by atoms with Gasteiger partial charge in [0.25, 0.3) is 0 Å². The highest BCUT2D eigenvalue weighted by Gasteiger charge is 2.49. The van der Waals surface area contributed by atoms with Crippen LogP contribution in [0.25, 0.3) is 0 Å². The summed E-state index contributed by atoms with van der Waals surface area (Å²) in [5, 5.41) is 0. The van der Waals surface area contributed by atoms with Crippen LogP contribution in [0.5, 0.6) is 0 Å². The molecule has 41 heavy (non-hydrogen) atoms. The lowest BCUT2D eigenvalue weighted by molar-refractivity contribution is -0.128. The highest BCUT2D eigenvalue weighted by molar-refractivity contribution is 7.89. The number of pyridine rings is 1. The predicted molar refractivity (Wildman–Crippen MR) is 152 cm³/mol. The van der Waals surface area contributed by atoms with E-state index in [2.05, 4.69) is 4.98 Å². The summed E-state index contributed by atoms with van der Waals surface area (Å²) in [5.74, 6) is -0.781. The van der Waals surface area contributed by atoms with Crippen molar-refractivity contribution < 1.29 is 27.5 Å². The van der Waals surface area contributed by atoms with Gasteiger partial charge in [-0.3, -0.25) is 14.6 Å². The van der Waals surface area contributed by atoms with E-state index in [1.807, 2.05) is 30.3 Å². The summed E-state index contributed by atoms with van der Waals surface area (Å²) in [5.41, 5.74) is 2.45. The Balaban J connectivity index is 1.46. The summed E-state index contributed by atoms with van der Waals surface area (Å²) in [6, 6.07) is 17.4. The van der Waals surface area contributed by atoms with Gasteiger partial charge in [-0.1, -0.05) is 30.3 Å². The smallest absolute Gasteiger partial charge is 0.339 e. The third kappa shape index (κ3) is 5.47. The van der Waals surface area contributed by atoms with E-state index in [9.17, 15) is 22.8 Å². The molecule has 1 spiro atoms. The van der Waals surface area contributed by atoms with Crippen LogP contribution in [0.4, 0.5) is 5.69 Å². The maximum atomic E-state index is 13.6. The molecule has 1 fully saturated rings. The van der Waals surface area contributed by atoms with Crippen molar-refractivity contribution >= 4 is 33.5 Å². The summed E-state index contributed by atoms with van der Waals surface area (Å²) in [6.45, 7) is 2.98. The molecule has 214 valence electrons. The van der Waals surface area contributed by atoms with Gasteiger partial charge in [0.2, 0.25) is 21.8 Å². The molecule has 1 unspecified atom stereocenters. The molecule has 0 saturated carbocycles. The molecule has 0 radical (unpaired) electrons. The molecule has 11 heteroatoms. The Hall–Kier alpha value is -4.09. The maximum Gasteiger partial charge on any atom is 0.339 e. The van der Waals surface area contributed by atoms with Crippen LogP contribution in [0.15, 0.2) is 71.8 Å². The van der Waals surface area contributed by atoms with E-state index in [0.717, 1.165) is 11.1 Å². The molecular formula is C30H32N4O6S. The van der Waals surface area contributed by atoms with E-state index in [4.69, 9.17) is 4.74 Å². The number of rotatable bonds is 7. The average molecular weight is 577 g/mol. The van der Waals surface area contributed by atoms with Crippen LogP contribution < -0.4 is 4.90 Å². The van der Waals surface area contributed by atoms with Crippen molar-refractivity contribution in [2.24, 2.45) is 0 Å². The summed E-state index contributed by atoms with van der Waals surface area (Å²) >= 11 is 0. The van der Waals surface area contributed by atoms with Gasteiger partial charge in [-0.05, 0) is 47.9 Å². The Labute approximate surface area is 239 Å². The van der Waals surface area contributed by atoms with E-state index in [0.29, 0.717) is 37.4 Å². The Bertz CT molecular complexity index is 1590. The highest BCUT2D eigenvalue weighted by atomic mass is 32.2. The minimum Gasteiger partial charge on any atom is -0.465 e. The van der Waals surface area contributed by atoms with Crippen molar-refractivity contribution in [1.82, 2.24) is 14.2 Å². The lowest BCUT2D eigenvalue weighted by atomic mass is 9.81. The number of carbonyl (C=O) groups excluding carboxylic acids is 3. The molecule has 10 nitrogen and oxygen atoms in total. The normalized spacial score (nSPS) is 18.1. The maximum absolute atomic E-state index is 13.6. The number of sulfonamides is 1. The van der Waals surface area contributed by atoms with Crippen molar-refractivity contribution in [3.05, 3.63) is 89.2 Å². The van der Waals surface area contributed by atoms with E-state index in [1.54, 1.807) is 41.1 Å². The van der Waals surface area contributed by atoms with Crippen molar-refractivity contribution in [2.45, 2.75) is 36.6 Å². The zero-order chi connectivity index (χ0) is 29.4. The number of benzene rings is 2. The number of aromatic nitrogens is 1. The second kappa shape index (κ2) is 11.1. The number of methoxy groups -OCH3 is 1. The molecule has 0 aliphatic carbocycles. The van der Waals surface area contributed by atoms with Crippen LogP contribution in [-0.2, 0) is 42.7 Å². The largest absolute Gasteiger partial charge is 0.465 e. The van der Waals surface area contributed by atoms with Gasteiger partial charge >= 0.3 is 5.97 Å². The molecule has 0 bridgehead atoms. The van der Waals surface area contributed by atoms with E-state index < -0.39 is 21.4 Å². The summed E-state index contributed by atoms with van der Waals surface area (Å²) < 4.78 is 33.2. The van der Waals surface area contributed by atoms with Gasteiger partial charge in [-0.15, -0.1) is 0 Å². The fourth-order valence-electron chi connectivity index (χ4n) is 5.64. The molecular weight excluding hydrogens is 544 g/mol. The van der Waals surface area contributed by atoms with Gasteiger partial charge in [-0.25, -0.2) is 13.2 Å². The number of carbonyl (C=O) groups is 3. The van der Waals surface area contributed by atoms with E-state index >= 15 is 0 Å². The number of anilines is 1. The number of hydrogen-bond acceptors (Lipinski definition) is 7. The minimum atomic E-state index is -3.83. The molecule has 1 aromatic heterocycles. The molecule has 2 amide bonds. The number of amides is 2. The molecule has 2 aliphatic heterocycles. The van der Waals surface area contributed by atoms with Gasteiger partial charge in [-0.2, -0.15) is 4.31 Å². The van der Waals surface area contributed by atoms with Gasteiger partial charge in [0, 0.05) is 63.1 Å². The molecule has 3 heterocycles. The molecule has 5 rings (SSSR count). The Kier molecular flexibility index (Phi) is 7.67. The average Bonchev–Trinajstić information content (AvgIpc) is 3.55. The first kappa shape index (κ1) is 28.4. The summed E-state index contributed by atoms with van der Waals surface area (Å²) in [6.07, 6.45) is 1.98. The van der Waals surface area contributed by atoms with Gasteiger partial charge in [0.15, 0.2) is 0 Å². The monoisotopic (exact) mass is 576 g/mol. The molecule has 2 aromatic carbocycles. The van der Waals surface area contributed by atoms with Crippen LogP contribution in [0, 0.1) is 0 Å². The lowest BCUT2D eigenvalue weighted by Gasteiger charge is -2.26. The van der Waals surface area contributed by atoms with Crippen LogP contribution in [-0.4, -0.2) is 74.2 Å². The fourth-order valence-corrected chi connectivity index (χ4v) is 6.83. The zero-order valence-electron chi connectivity index (χ0n) is 23.2. The topological polar surface area (TPSA) is 117 Å². The first-order chi connectivity index (χ1) is 19.5. The Morgan fingerprint density at radius 2 is 1.80 bits per heavy atom. The van der Waals surface area contributed by atoms with Gasteiger partial charge in [0.1, 0.15) is 0 Å². The van der Waals surface area contributed by atoms with Crippen LogP contribution in [0.1, 0.15) is 40.5 Å². The predicted octanol–water partition coefficient (Wildman–Crippen LogP) is 2.77. The number of ether oxygens (including phenoxy) is 1. The molecule has 2 aliphatic rings. The second-order valence-corrected chi connectivity index (χ2v) is 12.6. The van der Waals surface area contributed by atoms with Crippen molar-refractivity contribution in [2.75, 3.05) is 38.7 Å². The van der Waals surface area contributed by atoms with Gasteiger partial charge < -0.3 is 14.5 Å². The second-order valence-electron chi connectivity index (χ2n) is 10.6. The van der Waals surface area contributed by atoms with Crippen LogP contribution >= 0.6 is 0 Å². The Morgan fingerprint density at radius 1 is 1.05 bits per heavy atom. The highest BCUT2D eigenvalue weighted by Crippen LogP contribution is 2.47. The SMILES string of the molecule is COC(=O)c1ccc(CC(=O)N2CC3(CCN(C(C)=O)C3)c3cc(S(=O)(=O)N(C)Cc4ccccc4)ccc32)nc1. The van der Waals surface area contributed by atoms with E-state index in [-0.39, 0.29) is 35.2 Å². The third-order valence-electron chi connectivity index (χ3n) is 7.93. The van der Waals surface area contributed by atoms with Crippen LogP contribution in [0.3, 0.4) is 0 Å². The zero-order valence-corrected chi connectivity index (χ0v) is 24.1. The first-order valence-corrected chi connectivity index (χ1v) is 14.7. The summed E-state index contributed by atoms with van der Waals surface area (Å²) in [4.78, 5) is 45.4. The molecule has 0 N–H and O–H groups in total. The standard InChI is InChI=1S/C30H32N4O6S/c1-21(35)33-14-13-30(19-33)20-34(28(36)15-24-10-9-23(17-31-24)29(37)40-3)27-12-11-25(16-26(27)30)41(38,39)32(2)18-22-7-5-4-6-8-22/h4-12,16-17H,13-15,18-20H2,1-3H3. The molecule has 3 aromatic rings. The third-order valence-corrected chi connectivity index (χ3v) is 9.72.